The van der Waals surface area contributed by atoms with Gasteiger partial charge < -0.3 is 9.29 Å². The summed E-state index contributed by atoms with van der Waals surface area (Å²) < 4.78 is 37.6. The van der Waals surface area contributed by atoms with Crippen molar-refractivity contribution in [1.29, 1.82) is 0 Å². The first-order chi connectivity index (χ1) is 6.98. The molecule has 1 aromatic carbocycles. The minimum absolute atomic E-state index is 0.151. The highest BCUT2D eigenvalue weighted by atomic mass is 32.2. The average Bonchev–Trinajstić information content (AvgIpc) is 2.15. The van der Waals surface area contributed by atoms with Gasteiger partial charge in [0.2, 0.25) is 0 Å². The van der Waals surface area contributed by atoms with Gasteiger partial charge in [-0.15, -0.1) is 0 Å². The molecule has 0 N–H and O–H groups in total. The normalized spacial score (nSPS) is 20.6. The van der Waals surface area contributed by atoms with E-state index in [-0.39, 0.29) is 11.3 Å². The third-order valence-electron chi connectivity index (χ3n) is 2.19. The van der Waals surface area contributed by atoms with Crippen molar-refractivity contribution in [3.8, 4) is 5.75 Å². The molecule has 1 aliphatic rings. The molecule has 6 heteroatoms. The van der Waals surface area contributed by atoms with Crippen molar-refractivity contribution >= 4 is 16.1 Å². The Bertz CT molecular complexity index is 505. The molecule has 0 saturated heterocycles. The number of carbonyl (C=O) groups is 1. The van der Waals surface area contributed by atoms with Crippen LogP contribution in [0.1, 0.15) is 17.2 Å². The van der Waals surface area contributed by atoms with Crippen LogP contribution < -0.4 is 4.74 Å². The van der Waals surface area contributed by atoms with E-state index in [4.69, 9.17) is 4.74 Å². The van der Waals surface area contributed by atoms with E-state index in [1.54, 1.807) is 12.1 Å². The Morgan fingerprint density at radius 2 is 2.00 bits per heavy atom. The number of para-hydroxylation sites is 1. The molecule has 1 heterocycles. The van der Waals surface area contributed by atoms with Crippen molar-refractivity contribution in [2.45, 2.75) is 11.7 Å². The van der Waals surface area contributed by atoms with Crippen LogP contribution in [0, 0.1) is 0 Å². The van der Waals surface area contributed by atoms with E-state index in [0.29, 0.717) is 0 Å². The molecule has 2 rings (SSSR count). The number of rotatable bonds is 1. The second-order valence-corrected chi connectivity index (χ2v) is 4.75. The van der Waals surface area contributed by atoms with Gasteiger partial charge in [-0.3, -0.25) is 4.79 Å². The monoisotopic (exact) mass is 227 g/mol. The maximum Gasteiger partial charge on any atom is 0.312 e. The zero-order valence-electron chi connectivity index (χ0n) is 7.54. The molecule has 15 heavy (non-hydrogen) atoms. The number of esters is 1. The maximum absolute atomic E-state index is 11.1. The van der Waals surface area contributed by atoms with Gasteiger partial charge in [0.25, 0.3) is 0 Å². The Morgan fingerprint density at radius 3 is 2.67 bits per heavy atom. The Hall–Kier alpha value is -1.40. The average molecular weight is 227 g/mol. The lowest BCUT2D eigenvalue weighted by molar-refractivity contribution is -0.135. The van der Waals surface area contributed by atoms with Crippen LogP contribution in [0.5, 0.6) is 5.75 Å². The van der Waals surface area contributed by atoms with Gasteiger partial charge in [-0.05, 0) is 6.07 Å². The molecular formula is C9H7O5S-. The number of benzene rings is 1. The predicted octanol–water partition coefficient (Wildman–Crippen LogP) is 0.582. The fourth-order valence-corrected chi connectivity index (χ4v) is 2.37. The van der Waals surface area contributed by atoms with Crippen LogP contribution >= 0.6 is 0 Å². The van der Waals surface area contributed by atoms with Gasteiger partial charge in [0.1, 0.15) is 15.9 Å². The molecule has 0 bridgehead atoms. The van der Waals surface area contributed by atoms with Crippen LogP contribution in [-0.2, 0) is 14.9 Å². The Balaban J connectivity index is 2.57. The van der Waals surface area contributed by atoms with Crippen LogP contribution in [0.2, 0.25) is 0 Å². The molecule has 0 radical (unpaired) electrons. The molecule has 0 aromatic heterocycles. The molecule has 1 unspecified atom stereocenters. The van der Waals surface area contributed by atoms with E-state index in [1.807, 2.05) is 0 Å². The summed E-state index contributed by atoms with van der Waals surface area (Å²) in [6.07, 6.45) is -0.414. The van der Waals surface area contributed by atoms with Gasteiger partial charge >= 0.3 is 5.97 Å². The largest absolute Gasteiger partial charge is 0.747 e. The van der Waals surface area contributed by atoms with Gasteiger partial charge in [-0.25, -0.2) is 8.42 Å². The maximum atomic E-state index is 11.1. The van der Waals surface area contributed by atoms with E-state index in [2.05, 4.69) is 0 Å². The van der Waals surface area contributed by atoms with Gasteiger partial charge in [0, 0.05) is 5.56 Å². The molecule has 0 saturated carbocycles. The Labute approximate surface area is 86.4 Å². The number of fused-ring (bicyclic) bond motifs is 1. The predicted molar refractivity (Wildman–Crippen MR) is 49.1 cm³/mol. The third-order valence-corrected chi connectivity index (χ3v) is 3.31. The molecule has 1 aromatic rings. The molecule has 5 nitrogen and oxygen atoms in total. The highest BCUT2D eigenvalue weighted by molar-refractivity contribution is 7.86. The van der Waals surface area contributed by atoms with E-state index in [9.17, 15) is 17.8 Å². The van der Waals surface area contributed by atoms with Crippen LogP contribution in [-0.4, -0.2) is 18.9 Å². The van der Waals surface area contributed by atoms with E-state index >= 15 is 0 Å². The Kier molecular flexibility index (Phi) is 2.24. The molecule has 1 atom stereocenters. The second kappa shape index (κ2) is 3.32. The molecule has 0 spiro atoms. The molecule has 0 amide bonds. The first-order valence-corrected chi connectivity index (χ1v) is 5.70. The summed E-state index contributed by atoms with van der Waals surface area (Å²) in [7, 11) is -4.52. The summed E-state index contributed by atoms with van der Waals surface area (Å²) in [6.45, 7) is 0. The van der Waals surface area contributed by atoms with Gasteiger partial charge in [0.15, 0.2) is 0 Å². The van der Waals surface area contributed by atoms with Crippen LogP contribution in [0.4, 0.5) is 0 Å². The zero-order chi connectivity index (χ0) is 11.1. The first-order valence-electron chi connectivity index (χ1n) is 4.23. The molecular weight excluding hydrogens is 220 g/mol. The summed E-state index contributed by atoms with van der Waals surface area (Å²) >= 11 is 0. The fraction of sp³-hybridized carbons (Fsp3) is 0.222. The van der Waals surface area contributed by atoms with Gasteiger partial charge in [-0.2, -0.15) is 0 Å². The highest BCUT2D eigenvalue weighted by Crippen LogP contribution is 2.36. The smallest absolute Gasteiger partial charge is 0.312 e. The van der Waals surface area contributed by atoms with Crippen LogP contribution in [0.25, 0.3) is 0 Å². The van der Waals surface area contributed by atoms with E-state index < -0.39 is 27.8 Å². The van der Waals surface area contributed by atoms with Crippen LogP contribution in [0.3, 0.4) is 0 Å². The van der Waals surface area contributed by atoms with Crippen molar-refractivity contribution in [2.24, 2.45) is 0 Å². The lowest BCUT2D eigenvalue weighted by Gasteiger charge is -2.26. The van der Waals surface area contributed by atoms with E-state index in [0.717, 1.165) is 0 Å². The Morgan fingerprint density at radius 1 is 1.33 bits per heavy atom. The quantitative estimate of drug-likeness (QED) is 0.398. The fourth-order valence-electron chi connectivity index (χ4n) is 1.52. The number of hydrogen-bond donors (Lipinski definition) is 0. The number of carbonyl (C=O) groups excluding carboxylic acids is 1. The first kappa shape index (κ1) is 10.1. The van der Waals surface area contributed by atoms with Crippen molar-refractivity contribution in [3.05, 3.63) is 29.8 Å². The summed E-state index contributed by atoms with van der Waals surface area (Å²) in [5, 5.41) is -1.32. The highest BCUT2D eigenvalue weighted by Gasteiger charge is 2.31. The lowest BCUT2D eigenvalue weighted by Crippen LogP contribution is -2.25. The minimum atomic E-state index is -4.52. The topological polar surface area (TPSA) is 83.5 Å². The minimum Gasteiger partial charge on any atom is -0.747 e. The van der Waals surface area contributed by atoms with Gasteiger partial charge in [0.05, 0.1) is 11.7 Å². The summed E-state index contributed by atoms with van der Waals surface area (Å²) in [5.74, 6) is -0.545. The molecule has 0 aliphatic carbocycles. The van der Waals surface area contributed by atoms with Crippen molar-refractivity contribution in [2.75, 3.05) is 0 Å². The van der Waals surface area contributed by atoms with Crippen molar-refractivity contribution in [3.63, 3.8) is 0 Å². The summed E-state index contributed by atoms with van der Waals surface area (Å²) in [4.78, 5) is 11.1. The second-order valence-electron chi connectivity index (χ2n) is 3.20. The van der Waals surface area contributed by atoms with E-state index in [1.165, 1.54) is 12.1 Å². The molecule has 80 valence electrons. The summed E-state index contributed by atoms with van der Waals surface area (Å²) in [6, 6.07) is 6.13. The third kappa shape index (κ3) is 1.86. The van der Waals surface area contributed by atoms with Crippen LogP contribution in [0.15, 0.2) is 24.3 Å². The number of ether oxygens (including phenoxy) is 1. The zero-order valence-corrected chi connectivity index (χ0v) is 8.36. The number of hydrogen-bond acceptors (Lipinski definition) is 5. The summed E-state index contributed by atoms with van der Waals surface area (Å²) in [5.41, 5.74) is 0.257. The molecule has 1 aliphatic heterocycles. The standard InChI is InChI=1S/C9H8O5S/c10-9-5-8(15(11,12)13)6-3-1-2-4-7(6)14-9/h1-4,8H,5H2,(H,11,12,13)/p-1. The van der Waals surface area contributed by atoms with Gasteiger partial charge in [-0.1, -0.05) is 18.2 Å². The SMILES string of the molecule is O=C1CC(S(=O)(=O)[O-])c2ccccc2O1. The van der Waals surface area contributed by atoms with Crippen molar-refractivity contribution in [1.82, 2.24) is 0 Å². The van der Waals surface area contributed by atoms with Crippen molar-refractivity contribution < 1.29 is 22.5 Å². The lowest BCUT2D eigenvalue weighted by atomic mass is 10.1. The molecule has 0 fully saturated rings.